The lowest BCUT2D eigenvalue weighted by Gasteiger charge is -2.09. The highest BCUT2D eigenvalue weighted by Crippen LogP contribution is 2.28. The fourth-order valence-corrected chi connectivity index (χ4v) is 2.28. The zero-order valence-corrected chi connectivity index (χ0v) is 13.4. The molecule has 2 N–H and O–H groups in total. The second-order valence-corrected chi connectivity index (χ2v) is 5.37. The van der Waals surface area contributed by atoms with E-state index >= 15 is 0 Å². The van der Waals surface area contributed by atoms with Crippen LogP contribution in [0.1, 0.15) is 11.1 Å². The summed E-state index contributed by atoms with van der Waals surface area (Å²) in [6, 6.07) is 13.3. The van der Waals surface area contributed by atoms with Crippen molar-refractivity contribution in [3.8, 4) is 23.1 Å². The molecule has 0 saturated heterocycles. The number of anilines is 1. The van der Waals surface area contributed by atoms with Crippen molar-refractivity contribution in [2.45, 2.75) is 13.8 Å². The third kappa shape index (κ3) is 3.13. The molecule has 0 aliphatic carbocycles. The topological polar surface area (TPSA) is 62.3 Å². The van der Waals surface area contributed by atoms with Crippen molar-refractivity contribution >= 4 is 5.69 Å². The molecule has 0 aliphatic rings. The molecule has 1 aromatic heterocycles. The van der Waals surface area contributed by atoms with Crippen molar-refractivity contribution in [2.75, 3.05) is 12.8 Å². The average Bonchev–Trinajstić information content (AvgIpc) is 3.01. The highest BCUT2D eigenvalue weighted by molar-refractivity contribution is 5.54. The van der Waals surface area contributed by atoms with E-state index in [0.29, 0.717) is 5.88 Å². The van der Waals surface area contributed by atoms with Gasteiger partial charge in [-0.15, -0.1) is 5.10 Å². The summed E-state index contributed by atoms with van der Waals surface area (Å²) >= 11 is 0. The number of benzene rings is 2. The van der Waals surface area contributed by atoms with Crippen molar-refractivity contribution in [1.29, 1.82) is 0 Å². The molecule has 1 heterocycles. The van der Waals surface area contributed by atoms with Gasteiger partial charge in [-0.25, -0.2) is 4.68 Å². The van der Waals surface area contributed by atoms with E-state index in [1.165, 1.54) is 0 Å². The van der Waals surface area contributed by atoms with Gasteiger partial charge in [0.1, 0.15) is 11.5 Å². The molecule has 5 heteroatoms. The molecule has 0 aliphatic heterocycles. The minimum absolute atomic E-state index is 0.535. The van der Waals surface area contributed by atoms with Crippen LogP contribution < -0.4 is 15.2 Å². The van der Waals surface area contributed by atoms with Gasteiger partial charge in [0, 0.05) is 18.0 Å². The Morgan fingerprint density at radius 2 is 1.74 bits per heavy atom. The minimum atomic E-state index is 0.535. The third-order valence-corrected chi connectivity index (χ3v) is 3.68. The van der Waals surface area contributed by atoms with Crippen LogP contribution in [0.4, 0.5) is 5.69 Å². The van der Waals surface area contributed by atoms with Gasteiger partial charge in [-0.1, -0.05) is 0 Å². The van der Waals surface area contributed by atoms with Gasteiger partial charge in [-0.2, -0.15) is 0 Å². The Morgan fingerprint density at radius 1 is 1.00 bits per heavy atom. The number of aromatic nitrogens is 2. The van der Waals surface area contributed by atoms with E-state index in [-0.39, 0.29) is 0 Å². The van der Waals surface area contributed by atoms with Crippen LogP contribution in [-0.4, -0.2) is 16.9 Å². The van der Waals surface area contributed by atoms with E-state index in [1.54, 1.807) is 11.8 Å². The van der Waals surface area contributed by atoms with Crippen LogP contribution in [0.3, 0.4) is 0 Å². The number of hydrogen-bond acceptors (Lipinski definition) is 4. The summed E-state index contributed by atoms with van der Waals surface area (Å²) in [7, 11) is 1.64. The first-order chi connectivity index (χ1) is 11.1. The van der Waals surface area contributed by atoms with Crippen LogP contribution in [0.2, 0.25) is 0 Å². The Labute approximate surface area is 135 Å². The monoisotopic (exact) mass is 309 g/mol. The molecule has 0 saturated carbocycles. The first-order valence-corrected chi connectivity index (χ1v) is 7.31. The van der Waals surface area contributed by atoms with Gasteiger partial charge < -0.3 is 15.2 Å². The lowest BCUT2D eigenvalue weighted by atomic mass is 10.1. The summed E-state index contributed by atoms with van der Waals surface area (Å²) in [6.07, 6.45) is 1.86. The Morgan fingerprint density at radius 3 is 2.43 bits per heavy atom. The van der Waals surface area contributed by atoms with Crippen molar-refractivity contribution in [3.63, 3.8) is 0 Å². The zero-order valence-electron chi connectivity index (χ0n) is 13.4. The highest BCUT2D eigenvalue weighted by Gasteiger charge is 2.08. The smallest absolute Gasteiger partial charge is 0.238 e. The molecule has 0 fully saturated rings. The molecule has 3 aromatic rings. The van der Waals surface area contributed by atoms with Gasteiger partial charge >= 0.3 is 0 Å². The van der Waals surface area contributed by atoms with Crippen molar-refractivity contribution < 1.29 is 9.47 Å². The second kappa shape index (κ2) is 6.04. The molecular formula is C18H19N3O2. The standard InChI is InChI=1S/C18H19N3O2/c1-12-11-17(13(2)10-16(12)19)23-18-8-9-21(20-18)14-4-6-15(22-3)7-5-14/h4-11H,19H2,1-3H3. The van der Waals surface area contributed by atoms with Crippen molar-refractivity contribution in [3.05, 3.63) is 59.8 Å². The maximum atomic E-state index is 5.90. The molecule has 0 bridgehead atoms. The van der Waals surface area contributed by atoms with Crippen LogP contribution in [0.25, 0.3) is 5.69 Å². The largest absolute Gasteiger partial charge is 0.497 e. The maximum absolute atomic E-state index is 5.90. The molecule has 0 unspecified atom stereocenters. The fourth-order valence-electron chi connectivity index (χ4n) is 2.28. The Kier molecular flexibility index (Phi) is 3.93. The molecule has 0 radical (unpaired) electrons. The molecule has 118 valence electrons. The van der Waals surface area contributed by atoms with Crippen LogP contribution in [0, 0.1) is 13.8 Å². The summed E-state index contributed by atoms with van der Waals surface area (Å²) < 4.78 is 12.8. The second-order valence-electron chi connectivity index (χ2n) is 5.37. The van der Waals surface area contributed by atoms with Crippen molar-refractivity contribution in [1.82, 2.24) is 9.78 Å². The molecule has 0 spiro atoms. The van der Waals surface area contributed by atoms with E-state index < -0.39 is 0 Å². The fraction of sp³-hybridized carbons (Fsp3) is 0.167. The SMILES string of the molecule is COc1ccc(-n2ccc(Oc3cc(C)c(N)cc3C)n2)cc1. The van der Waals surface area contributed by atoms with E-state index in [4.69, 9.17) is 15.2 Å². The normalized spacial score (nSPS) is 10.6. The first kappa shape index (κ1) is 15.0. The Hall–Kier alpha value is -2.95. The number of hydrogen-bond donors (Lipinski definition) is 1. The molecule has 5 nitrogen and oxygen atoms in total. The van der Waals surface area contributed by atoms with Crippen LogP contribution in [0.5, 0.6) is 17.4 Å². The number of ether oxygens (including phenoxy) is 2. The van der Waals surface area contributed by atoms with Gasteiger partial charge in [0.05, 0.1) is 12.8 Å². The maximum Gasteiger partial charge on any atom is 0.238 e. The molecule has 0 atom stereocenters. The third-order valence-electron chi connectivity index (χ3n) is 3.68. The lowest BCUT2D eigenvalue weighted by Crippen LogP contribution is -1.97. The molecular weight excluding hydrogens is 290 g/mol. The van der Waals surface area contributed by atoms with E-state index in [2.05, 4.69) is 5.10 Å². The quantitative estimate of drug-likeness (QED) is 0.743. The summed E-state index contributed by atoms with van der Waals surface area (Å²) in [5.41, 5.74) is 9.56. The van der Waals surface area contributed by atoms with E-state index in [9.17, 15) is 0 Å². The molecule has 2 aromatic carbocycles. The predicted molar refractivity (Wildman–Crippen MR) is 90.5 cm³/mol. The van der Waals surface area contributed by atoms with Gasteiger partial charge in [-0.05, 0) is 61.4 Å². The summed E-state index contributed by atoms with van der Waals surface area (Å²) in [5, 5.41) is 4.45. The molecule has 23 heavy (non-hydrogen) atoms. The van der Waals surface area contributed by atoms with Crippen LogP contribution in [-0.2, 0) is 0 Å². The summed E-state index contributed by atoms with van der Waals surface area (Å²) in [6.45, 7) is 3.92. The summed E-state index contributed by atoms with van der Waals surface area (Å²) in [5.74, 6) is 2.11. The van der Waals surface area contributed by atoms with E-state index in [1.807, 2.05) is 62.5 Å². The van der Waals surface area contributed by atoms with Crippen molar-refractivity contribution in [2.24, 2.45) is 0 Å². The number of rotatable bonds is 4. The number of methoxy groups -OCH3 is 1. The van der Waals surface area contributed by atoms with Crippen LogP contribution >= 0.6 is 0 Å². The number of nitrogens with zero attached hydrogens (tertiary/aromatic N) is 2. The van der Waals surface area contributed by atoms with Gasteiger partial charge in [0.25, 0.3) is 0 Å². The van der Waals surface area contributed by atoms with Crippen LogP contribution in [0.15, 0.2) is 48.7 Å². The predicted octanol–water partition coefficient (Wildman–Crippen LogP) is 3.87. The average molecular weight is 309 g/mol. The number of aryl methyl sites for hydroxylation is 2. The van der Waals surface area contributed by atoms with Gasteiger partial charge in [0.2, 0.25) is 5.88 Å². The van der Waals surface area contributed by atoms with E-state index in [0.717, 1.165) is 34.0 Å². The molecule has 3 rings (SSSR count). The minimum Gasteiger partial charge on any atom is -0.497 e. The molecule has 0 amide bonds. The lowest BCUT2D eigenvalue weighted by molar-refractivity contribution is 0.414. The first-order valence-electron chi connectivity index (χ1n) is 7.31. The Bertz CT molecular complexity index is 823. The zero-order chi connectivity index (χ0) is 16.4. The summed E-state index contributed by atoms with van der Waals surface area (Å²) in [4.78, 5) is 0. The number of nitrogen functional groups attached to an aromatic ring is 1. The van der Waals surface area contributed by atoms with Gasteiger partial charge in [-0.3, -0.25) is 0 Å². The Balaban J connectivity index is 1.83. The van der Waals surface area contributed by atoms with Gasteiger partial charge in [0.15, 0.2) is 0 Å². The highest BCUT2D eigenvalue weighted by atomic mass is 16.5. The number of nitrogens with two attached hydrogens (primary N) is 1.